The largest absolute Gasteiger partial charge is 0.394 e. The van der Waals surface area contributed by atoms with E-state index in [0.717, 1.165) is 23.6 Å². The highest BCUT2D eigenvalue weighted by atomic mass is 32.2. The molecule has 0 aromatic heterocycles. The summed E-state index contributed by atoms with van der Waals surface area (Å²) in [5, 5.41) is 40.8. The Hall–Kier alpha value is -1.19. The molecule has 7 nitrogen and oxygen atoms in total. The number of aliphatic hydroxyl groups excluding tert-OH is 3. The van der Waals surface area contributed by atoms with Gasteiger partial charge in [-0.15, -0.1) is 0 Å². The summed E-state index contributed by atoms with van der Waals surface area (Å²) in [6.45, 7) is 0.592. The zero-order valence-electron chi connectivity index (χ0n) is 11.3. The first-order valence-corrected chi connectivity index (χ1v) is 7.28. The van der Waals surface area contributed by atoms with Gasteiger partial charge in [0, 0.05) is 16.7 Å². The standard InChI is InChI=1S/C13H17NO6S/c1-13(14(18)19)10(16)9(7-15)20-12(11(13)17)21-8-5-3-2-4-6-8/h2-6,9-12,15-17H,7H2,1H3/t9-,10-,11+,12-,13+/m1/s1. The third kappa shape index (κ3) is 2.90. The van der Waals surface area contributed by atoms with Gasteiger partial charge in [0.1, 0.15) is 11.5 Å². The van der Waals surface area contributed by atoms with E-state index in [2.05, 4.69) is 0 Å². The molecular formula is C13H17NO6S. The van der Waals surface area contributed by atoms with E-state index in [4.69, 9.17) is 4.74 Å². The fourth-order valence-electron chi connectivity index (χ4n) is 2.23. The van der Waals surface area contributed by atoms with Gasteiger partial charge in [0.2, 0.25) is 0 Å². The minimum Gasteiger partial charge on any atom is -0.394 e. The van der Waals surface area contributed by atoms with Crippen LogP contribution in [0.1, 0.15) is 6.92 Å². The van der Waals surface area contributed by atoms with Crippen LogP contribution in [0.2, 0.25) is 0 Å². The molecule has 0 aliphatic carbocycles. The van der Waals surface area contributed by atoms with Gasteiger partial charge in [-0.25, -0.2) is 0 Å². The van der Waals surface area contributed by atoms with Gasteiger partial charge in [0.25, 0.3) is 5.54 Å². The average molecular weight is 315 g/mol. The van der Waals surface area contributed by atoms with E-state index in [9.17, 15) is 25.4 Å². The van der Waals surface area contributed by atoms with E-state index < -0.39 is 40.8 Å². The predicted octanol–water partition coefficient (Wildman–Crippen LogP) is 0.253. The fraction of sp³-hybridized carbons (Fsp3) is 0.538. The third-order valence-electron chi connectivity index (χ3n) is 3.69. The molecule has 0 bridgehead atoms. The Labute approximate surface area is 125 Å². The Morgan fingerprint density at radius 3 is 2.48 bits per heavy atom. The van der Waals surface area contributed by atoms with Crippen molar-refractivity contribution in [2.75, 3.05) is 6.61 Å². The summed E-state index contributed by atoms with van der Waals surface area (Å²) in [7, 11) is 0. The lowest BCUT2D eigenvalue weighted by Gasteiger charge is -2.43. The van der Waals surface area contributed by atoms with E-state index in [1.807, 2.05) is 6.07 Å². The van der Waals surface area contributed by atoms with Crippen LogP contribution in [0.3, 0.4) is 0 Å². The molecule has 116 valence electrons. The zero-order chi connectivity index (χ0) is 15.6. The summed E-state index contributed by atoms with van der Waals surface area (Å²) in [6, 6.07) is 8.97. The summed E-state index contributed by atoms with van der Waals surface area (Å²) in [4.78, 5) is 11.3. The molecule has 0 radical (unpaired) electrons. The van der Waals surface area contributed by atoms with E-state index in [-0.39, 0.29) is 0 Å². The lowest BCUT2D eigenvalue weighted by Crippen LogP contribution is -2.68. The molecule has 0 unspecified atom stereocenters. The first-order chi connectivity index (χ1) is 9.91. The molecule has 1 aliphatic heterocycles. The number of nitrogens with zero attached hydrogens (tertiary/aromatic N) is 1. The Kier molecular flexibility index (Phi) is 4.84. The minimum atomic E-state index is -2.00. The minimum absolute atomic E-state index is 0.566. The molecule has 0 spiro atoms. The molecule has 0 saturated carbocycles. The average Bonchev–Trinajstić information content (AvgIpc) is 2.48. The van der Waals surface area contributed by atoms with Gasteiger partial charge in [-0.3, -0.25) is 10.1 Å². The van der Waals surface area contributed by atoms with Crippen molar-refractivity contribution in [1.82, 2.24) is 0 Å². The summed E-state index contributed by atoms with van der Waals surface area (Å²) in [5.74, 6) is 0. The molecule has 21 heavy (non-hydrogen) atoms. The SMILES string of the molecule is C[C@]1([N+](=O)[O-])[C@H](O)[C@@H](CO)O[C@H](Sc2ccccc2)[C@@H]1O. The van der Waals surface area contributed by atoms with Gasteiger partial charge in [-0.05, 0) is 12.1 Å². The molecular weight excluding hydrogens is 298 g/mol. The Morgan fingerprint density at radius 1 is 1.33 bits per heavy atom. The first kappa shape index (κ1) is 16.2. The van der Waals surface area contributed by atoms with Gasteiger partial charge in [-0.1, -0.05) is 30.0 Å². The number of aliphatic hydroxyl groups is 3. The molecule has 1 heterocycles. The van der Waals surface area contributed by atoms with E-state index in [1.54, 1.807) is 24.3 Å². The van der Waals surface area contributed by atoms with Gasteiger partial charge in [-0.2, -0.15) is 0 Å². The number of thioether (sulfide) groups is 1. The van der Waals surface area contributed by atoms with E-state index >= 15 is 0 Å². The molecule has 2 rings (SSSR count). The highest BCUT2D eigenvalue weighted by Crippen LogP contribution is 2.39. The van der Waals surface area contributed by atoms with Crippen molar-refractivity contribution in [3.63, 3.8) is 0 Å². The number of hydrogen-bond donors (Lipinski definition) is 3. The summed E-state index contributed by atoms with van der Waals surface area (Å²) < 4.78 is 5.42. The van der Waals surface area contributed by atoms with Crippen LogP contribution >= 0.6 is 11.8 Å². The van der Waals surface area contributed by atoms with Crippen LogP contribution in [0.25, 0.3) is 0 Å². The highest BCUT2D eigenvalue weighted by Gasteiger charge is 2.61. The van der Waals surface area contributed by atoms with E-state index in [0.29, 0.717) is 0 Å². The molecule has 8 heteroatoms. The van der Waals surface area contributed by atoms with Crippen molar-refractivity contribution in [3.05, 3.63) is 40.4 Å². The molecule has 1 aliphatic rings. The second kappa shape index (κ2) is 6.29. The molecule has 1 aromatic carbocycles. The number of nitro groups is 1. The summed E-state index contributed by atoms with van der Waals surface area (Å²) in [6.07, 6.45) is -4.24. The molecule has 3 N–H and O–H groups in total. The van der Waals surface area contributed by atoms with Crippen molar-refractivity contribution in [2.45, 2.75) is 41.1 Å². The molecule has 1 aromatic rings. The fourth-order valence-corrected chi connectivity index (χ4v) is 3.42. The van der Waals surface area contributed by atoms with Crippen LogP contribution in [0.5, 0.6) is 0 Å². The van der Waals surface area contributed by atoms with Gasteiger partial charge < -0.3 is 20.1 Å². The van der Waals surface area contributed by atoms with Crippen molar-refractivity contribution in [2.24, 2.45) is 0 Å². The summed E-state index contributed by atoms with van der Waals surface area (Å²) >= 11 is 1.11. The van der Waals surface area contributed by atoms with Crippen molar-refractivity contribution in [1.29, 1.82) is 0 Å². The molecule has 0 amide bonds. The molecule has 1 saturated heterocycles. The van der Waals surface area contributed by atoms with Crippen LogP contribution in [0.4, 0.5) is 0 Å². The lowest BCUT2D eigenvalue weighted by atomic mass is 9.84. The van der Waals surface area contributed by atoms with Gasteiger partial charge in [0.15, 0.2) is 12.2 Å². The van der Waals surface area contributed by atoms with Crippen molar-refractivity contribution in [3.8, 4) is 0 Å². The third-order valence-corrected chi connectivity index (χ3v) is 4.83. The number of ether oxygens (including phenoxy) is 1. The van der Waals surface area contributed by atoms with Crippen LogP contribution in [-0.2, 0) is 4.74 Å². The zero-order valence-corrected chi connectivity index (χ0v) is 12.1. The van der Waals surface area contributed by atoms with Crippen molar-refractivity contribution >= 4 is 11.8 Å². The maximum absolute atomic E-state index is 11.3. The maximum atomic E-state index is 11.3. The van der Waals surface area contributed by atoms with Crippen LogP contribution in [0, 0.1) is 10.1 Å². The summed E-state index contributed by atoms with van der Waals surface area (Å²) in [5.41, 5.74) is -2.96. The monoisotopic (exact) mass is 315 g/mol. The van der Waals surface area contributed by atoms with Crippen LogP contribution in [-0.4, -0.2) is 56.1 Å². The Balaban J connectivity index is 2.28. The van der Waals surface area contributed by atoms with Crippen LogP contribution < -0.4 is 0 Å². The lowest BCUT2D eigenvalue weighted by molar-refractivity contribution is -0.602. The second-order valence-electron chi connectivity index (χ2n) is 5.03. The normalized spacial score (nSPS) is 36.4. The molecule has 5 atom stereocenters. The first-order valence-electron chi connectivity index (χ1n) is 6.40. The number of rotatable bonds is 4. The number of benzene rings is 1. The highest BCUT2D eigenvalue weighted by molar-refractivity contribution is 7.99. The van der Waals surface area contributed by atoms with Crippen LogP contribution in [0.15, 0.2) is 35.2 Å². The van der Waals surface area contributed by atoms with E-state index in [1.165, 1.54) is 0 Å². The van der Waals surface area contributed by atoms with Gasteiger partial charge >= 0.3 is 0 Å². The quantitative estimate of drug-likeness (QED) is 0.539. The Bertz CT molecular complexity index is 501. The predicted molar refractivity (Wildman–Crippen MR) is 75.5 cm³/mol. The second-order valence-corrected chi connectivity index (χ2v) is 6.20. The van der Waals surface area contributed by atoms with Gasteiger partial charge in [0.05, 0.1) is 6.61 Å². The maximum Gasteiger partial charge on any atom is 0.276 e. The number of hydrogen-bond acceptors (Lipinski definition) is 7. The van der Waals surface area contributed by atoms with Crippen molar-refractivity contribution < 1.29 is 25.0 Å². The topological polar surface area (TPSA) is 113 Å². The molecule has 1 fully saturated rings. The Morgan fingerprint density at radius 2 is 1.95 bits per heavy atom. The smallest absolute Gasteiger partial charge is 0.276 e.